The van der Waals surface area contributed by atoms with Gasteiger partial charge in [-0.15, -0.1) is 0 Å². The number of aromatic nitrogens is 2. The topological polar surface area (TPSA) is 84.3 Å². The quantitative estimate of drug-likeness (QED) is 0.834. The summed E-state index contributed by atoms with van der Waals surface area (Å²) in [7, 11) is 0.694. The van der Waals surface area contributed by atoms with Gasteiger partial charge in [-0.05, 0) is 0 Å². The van der Waals surface area contributed by atoms with Crippen LogP contribution in [-0.2, 0) is 21.9 Å². The van der Waals surface area contributed by atoms with E-state index in [1.807, 2.05) is 0 Å². The molecule has 0 aliphatic heterocycles. The van der Waals surface area contributed by atoms with Crippen LogP contribution in [0.4, 0.5) is 0 Å². The molecule has 0 fully saturated rings. The predicted octanol–water partition coefficient (Wildman–Crippen LogP) is 0.0761. The molecule has 19 heavy (non-hydrogen) atoms. The van der Waals surface area contributed by atoms with Crippen LogP contribution in [0, 0.1) is 5.92 Å². The molecule has 0 bridgehead atoms. The van der Waals surface area contributed by atoms with Crippen molar-refractivity contribution in [1.29, 1.82) is 0 Å². The number of carbonyl (C=O) groups excluding carboxylic acids is 1. The number of sulfonamides is 1. The lowest BCUT2D eigenvalue weighted by molar-refractivity contribution is -0.124. The number of nitrogens with zero attached hydrogens (tertiary/aromatic N) is 3. The monoisotopic (exact) mass is 308 g/mol. The van der Waals surface area contributed by atoms with Crippen LogP contribution in [0.3, 0.4) is 0 Å². The Hall–Kier alpha value is -1.12. The maximum absolute atomic E-state index is 12.2. The van der Waals surface area contributed by atoms with Gasteiger partial charge in [0.2, 0.25) is 10.9 Å². The lowest BCUT2D eigenvalue weighted by Gasteiger charge is -2.19. The molecule has 1 N–H and O–H groups in total. The highest BCUT2D eigenvalue weighted by Crippen LogP contribution is 2.22. The van der Waals surface area contributed by atoms with Gasteiger partial charge >= 0.3 is 0 Å². The van der Waals surface area contributed by atoms with Gasteiger partial charge in [0.15, 0.2) is 0 Å². The lowest BCUT2D eigenvalue weighted by Crippen LogP contribution is -2.37. The fourth-order valence-electron chi connectivity index (χ4n) is 1.53. The normalized spacial score (nSPS) is 13.6. The van der Waals surface area contributed by atoms with E-state index in [1.165, 1.54) is 25.0 Å². The van der Waals surface area contributed by atoms with E-state index >= 15 is 0 Å². The summed E-state index contributed by atoms with van der Waals surface area (Å²) in [6.45, 7) is 1.69. The van der Waals surface area contributed by atoms with Crippen LogP contribution in [0.15, 0.2) is 11.4 Å². The van der Waals surface area contributed by atoms with Gasteiger partial charge in [-0.3, -0.25) is 4.79 Å². The largest absolute Gasteiger partial charge is 0.359 e. The molecule has 1 rings (SSSR count). The second-order valence-electron chi connectivity index (χ2n) is 4.25. The number of amides is 1. The molecule has 0 aromatic carbocycles. The lowest BCUT2D eigenvalue weighted by atomic mass is 10.2. The molecule has 1 aromatic rings. The Kier molecular flexibility index (Phi) is 4.94. The van der Waals surface area contributed by atoms with Gasteiger partial charge in [-0.1, -0.05) is 18.5 Å². The fourth-order valence-corrected chi connectivity index (χ4v) is 3.16. The van der Waals surface area contributed by atoms with Gasteiger partial charge in [0, 0.05) is 33.6 Å². The van der Waals surface area contributed by atoms with Crippen molar-refractivity contribution in [3.63, 3.8) is 0 Å². The third-order valence-corrected chi connectivity index (χ3v) is 5.03. The Labute approximate surface area is 117 Å². The molecule has 7 nitrogen and oxygen atoms in total. The SMILES string of the molecule is CNC(=O)C(C)CN(C)S(=O)(=O)c1ncn(C)c1Cl. The van der Waals surface area contributed by atoms with Gasteiger partial charge in [0.1, 0.15) is 5.15 Å². The van der Waals surface area contributed by atoms with Crippen LogP contribution in [0.25, 0.3) is 0 Å². The van der Waals surface area contributed by atoms with Crippen molar-refractivity contribution in [2.75, 3.05) is 20.6 Å². The summed E-state index contributed by atoms with van der Waals surface area (Å²) in [4.78, 5) is 15.2. The third kappa shape index (κ3) is 3.26. The Bertz CT molecular complexity index is 569. The van der Waals surface area contributed by atoms with Gasteiger partial charge in [-0.25, -0.2) is 13.4 Å². The first-order chi connectivity index (χ1) is 8.71. The van der Waals surface area contributed by atoms with Gasteiger partial charge in [-0.2, -0.15) is 4.31 Å². The van der Waals surface area contributed by atoms with Crippen LogP contribution in [0.2, 0.25) is 5.15 Å². The molecule has 1 amide bonds. The molecular weight excluding hydrogens is 292 g/mol. The fraction of sp³-hybridized carbons (Fsp3) is 0.600. The maximum Gasteiger partial charge on any atom is 0.263 e. The molecule has 0 saturated carbocycles. The molecule has 0 spiro atoms. The Morgan fingerprint density at radius 1 is 1.63 bits per heavy atom. The molecular formula is C10H17ClN4O3S. The standard InChI is InChI=1S/C10H17ClN4O3S/c1-7(9(16)12-2)5-15(4)19(17,18)10-8(11)14(3)6-13-10/h6-7H,5H2,1-4H3,(H,12,16). The molecule has 1 unspecified atom stereocenters. The van der Waals surface area contributed by atoms with Gasteiger partial charge in [0.25, 0.3) is 10.0 Å². The summed E-state index contributed by atoms with van der Waals surface area (Å²) in [5, 5.41) is 2.31. The van der Waals surface area contributed by atoms with Crippen LogP contribution in [0.5, 0.6) is 0 Å². The molecule has 0 aliphatic rings. The summed E-state index contributed by atoms with van der Waals surface area (Å²) in [5.74, 6) is -0.693. The van der Waals surface area contributed by atoms with Gasteiger partial charge in [0.05, 0.1) is 6.33 Å². The van der Waals surface area contributed by atoms with Crippen molar-refractivity contribution >= 4 is 27.5 Å². The number of imidazole rings is 1. The van der Waals surface area contributed by atoms with Gasteiger partial charge < -0.3 is 9.88 Å². The minimum Gasteiger partial charge on any atom is -0.359 e. The van der Waals surface area contributed by atoms with Crippen molar-refractivity contribution in [2.24, 2.45) is 13.0 Å². The molecule has 108 valence electrons. The number of carbonyl (C=O) groups is 1. The molecule has 0 radical (unpaired) electrons. The first-order valence-electron chi connectivity index (χ1n) is 5.56. The van der Waals surface area contributed by atoms with Crippen LogP contribution in [0.1, 0.15) is 6.92 Å². The number of halogens is 1. The third-order valence-electron chi connectivity index (χ3n) is 2.71. The number of aryl methyl sites for hydroxylation is 1. The first-order valence-corrected chi connectivity index (χ1v) is 7.38. The van der Waals surface area contributed by atoms with E-state index in [2.05, 4.69) is 10.3 Å². The summed E-state index contributed by atoms with van der Waals surface area (Å²) < 4.78 is 27.0. The van der Waals surface area contributed by atoms with Crippen molar-refractivity contribution in [1.82, 2.24) is 19.2 Å². The van der Waals surface area contributed by atoms with E-state index in [-0.39, 0.29) is 22.6 Å². The number of hydrogen-bond acceptors (Lipinski definition) is 4. The second kappa shape index (κ2) is 5.89. The molecule has 0 saturated heterocycles. The molecule has 0 aliphatic carbocycles. The van der Waals surface area contributed by atoms with Crippen molar-refractivity contribution in [3.05, 3.63) is 11.5 Å². The Balaban J connectivity index is 2.95. The van der Waals surface area contributed by atoms with Crippen LogP contribution in [-0.4, -0.2) is 48.8 Å². The van der Waals surface area contributed by atoms with Crippen molar-refractivity contribution in [2.45, 2.75) is 11.9 Å². The predicted molar refractivity (Wildman–Crippen MR) is 71.3 cm³/mol. The smallest absolute Gasteiger partial charge is 0.263 e. The van der Waals surface area contributed by atoms with E-state index in [0.717, 1.165) is 4.31 Å². The second-order valence-corrected chi connectivity index (χ2v) is 6.57. The van der Waals surface area contributed by atoms with Crippen LogP contribution >= 0.6 is 11.6 Å². The summed E-state index contributed by atoms with van der Waals surface area (Å²) in [6.07, 6.45) is 1.32. The minimum absolute atomic E-state index is 0.0412. The number of rotatable bonds is 5. The first kappa shape index (κ1) is 15.9. The highest BCUT2D eigenvalue weighted by Gasteiger charge is 2.29. The summed E-state index contributed by atoms with van der Waals surface area (Å²) in [5.41, 5.74) is 0. The molecule has 1 aromatic heterocycles. The van der Waals surface area contributed by atoms with E-state index in [0.29, 0.717) is 0 Å². The summed E-state index contributed by atoms with van der Waals surface area (Å²) in [6, 6.07) is 0. The highest BCUT2D eigenvalue weighted by atomic mass is 35.5. The van der Waals surface area contributed by atoms with Crippen LogP contribution < -0.4 is 5.32 Å². The van der Waals surface area contributed by atoms with E-state index in [1.54, 1.807) is 14.0 Å². The van der Waals surface area contributed by atoms with E-state index in [9.17, 15) is 13.2 Å². The minimum atomic E-state index is -3.80. The average molecular weight is 309 g/mol. The Morgan fingerprint density at radius 3 is 2.63 bits per heavy atom. The Morgan fingerprint density at radius 2 is 2.21 bits per heavy atom. The summed E-state index contributed by atoms with van der Waals surface area (Å²) >= 11 is 5.88. The van der Waals surface area contributed by atoms with Crippen molar-refractivity contribution in [3.8, 4) is 0 Å². The average Bonchev–Trinajstić information content (AvgIpc) is 2.69. The molecule has 1 heterocycles. The zero-order valence-corrected chi connectivity index (χ0v) is 12.8. The van der Waals surface area contributed by atoms with Crippen molar-refractivity contribution < 1.29 is 13.2 Å². The molecule has 9 heteroatoms. The molecule has 1 atom stereocenters. The zero-order chi connectivity index (χ0) is 14.8. The maximum atomic E-state index is 12.2. The zero-order valence-electron chi connectivity index (χ0n) is 11.2. The van der Waals surface area contributed by atoms with E-state index in [4.69, 9.17) is 11.6 Å². The number of hydrogen-bond donors (Lipinski definition) is 1. The van der Waals surface area contributed by atoms with E-state index < -0.39 is 15.9 Å². The highest BCUT2D eigenvalue weighted by molar-refractivity contribution is 7.89. The number of nitrogens with one attached hydrogen (secondary N) is 1.